The van der Waals surface area contributed by atoms with Crippen molar-refractivity contribution in [3.05, 3.63) is 71.4 Å². The first kappa shape index (κ1) is 19.6. The van der Waals surface area contributed by atoms with E-state index in [4.69, 9.17) is 10.5 Å². The summed E-state index contributed by atoms with van der Waals surface area (Å²) in [7, 11) is 1.78. The lowest BCUT2D eigenvalue weighted by Crippen LogP contribution is -2.30. The first-order chi connectivity index (χ1) is 13.5. The van der Waals surface area contributed by atoms with E-state index in [0.717, 1.165) is 22.5 Å². The molecular formula is C22H26N4O2. The number of ether oxygens (including phenoxy) is 1. The van der Waals surface area contributed by atoms with E-state index < -0.39 is 0 Å². The number of hydrogen-bond acceptors (Lipinski definition) is 4. The van der Waals surface area contributed by atoms with Crippen LogP contribution < -0.4 is 10.5 Å². The molecule has 0 bridgehead atoms. The van der Waals surface area contributed by atoms with Gasteiger partial charge in [0.1, 0.15) is 12.4 Å². The van der Waals surface area contributed by atoms with Crippen molar-refractivity contribution in [3.8, 4) is 17.0 Å². The van der Waals surface area contributed by atoms with Crippen molar-refractivity contribution >= 4 is 5.91 Å². The zero-order valence-electron chi connectivity index (χ0n) is 16.5. The highest BCUT2D eigenvalue weighted by Gasteiger charge is 2.23. The van der Waals surface area contributed by atoms with Gasteiger partial charge in [0.25, 0.3) is 5.91 Å². The van der Waals surface area contributed by atoms with Crippen LogP contribution in [0.5, 0.6) is 5.75 Å². The minimum absolute atomic E-state index is 0.112. The smallest absolute Gasteiger partial charge is 0.257 e. The van der Waals surface area contributed by atoms with Crippen molar-refractivity contribution in [1.29, 1.82) is 0 Å². The number of benzene rings is 2. The monoisotopic (exact) mass is 378 g/mol. The molecule has 0 fully saturated rings. The maximum atomic E-state index is 13.2. The van der Waals surface area contributed by atoms with Gasteiger partial charge in [0, 0.05) is 19.2 Å². The fraction of sp³-hybridized carbons (Fsp3) is 0.273. The maximum Gasteiger partial charge on any atom is 0.257 e. The first-order valence-electron chi connectivity index (χ1n) is 9.32. The van der Waals surface area contributed by atoms with Crippen molar-refractivity contribution in [2.75, 3.05) is 20.2 Å². The van der Waals surface area contributed by atoms with E-state index in [2.05, 4.69) is 10.2 Å². The highest BCUT2D eigenvalue weighted by Crippen LogP contribution is 2.27. The van der Waals surface area contributed by atoms with Crippen LogP contribution in [0.2, 0.25) is 0 Å². The average Bonchev–Trinajstić information content (AvgIpc) is 3.22. The Labute approximate surface area is 165 Å². The van der Waals surface area contributed by atoms with E-state index in [1.54, 1.807) is 11.9 Å². The number of carbonyl (C=O) groups is 1. The molecule has 3 N–H and O–H groups in total. The zero-order valence-corrected chi connectivity index (χ0v) is 16.5. The molecule has 1 amide bonds. The summed E-state index contributed by atoms with van der Waals surface area (Å²) in [5.41, 5.74) is 9.82. The molecule has 3 aromatic rings. The van der Waals surface area contributed by atoms with Crippen LogP contribution in [-0.4, -0.2) is 41.2 Å². The Bertz CT molecular complexity index is 937. The Balaban J connectivity index is 1.82. The van der Waals surface area contributed by atoms with Gasteiger partial charge < -0.3 is 15.4 Å². The van der Waals surface area contributed by atoms with Crippen LogP contribution in [0.3, 0.4) is 0 Å². The predicted molar refractivity (Wildman–Crippen MR) is 110 cm³/mol. The molecule has 1 heterocycles. The van der Waals surface area contributed by atoms with Gasteiger partial charge in [-0.2, -0.15) is 5.10 Å². The second-order valence-electron chi connectivity index (χ2n) is 6.80. The molecule has 0 spiro atoms. The van der Waals surface area contributed by atoms with Crippen molar-refractivity contribution in [3.63, 3.8) is 0 Å². The Morgan fingerprint density at radius 3 is 2.68 bits per heavy atom. The molecule has 2 aromatic carbocycles. The SMILES string of the molecule is Cc1ccc(OCCN)c(C(=O)N(C)[C@H](C)c2cc(-c3ccccc3)n[nH]2)c1. The third-order valence-corrected chi connectivity index (χ3v) is 4.76. The standard InChI is InChI=1S/C22H26N4O2/c1-15-9-10-21(28-12-11-23)18(13-15)22(27)26(3)16(2)19-14-20(25-24-19)17-7-5-4-6-8-17/h4-10,13-14,16H,11-12,23H2,1-3H3,(H,24,25)/t16-/m1/s1. The van der Waals surface area contributed by atoms with Gasteiger partial charge in [-0.1, -0.05) is 42.0 Å². The topological polar surface area (TPSA) is 84.2 Å². The summed E-state index contributed by atoms with van der Waals surface area (Å²) in [5, 5.41) is 7.45. The lowest BCUT2D eigenvalue weighted by atomic mass is 10.1. The van der Waals surface area contributed by atoms with Crippen LogP contribution in [0, 0.1) is 6.92 Å². The second kappa shape index (κ2) is 8.71. The number of nitrogens with one attached hydrogen (secondary N) is 1. The molecule has 0 aliphatic rings. The Hall–Kier alpha value is -3.12. The Kier molecular flexibility index (Phi) is 6.11. The molecule has 1 atom stereocenters. The summed E-state index contributed by atoms with van der Waals surface area (Å²) in [6.45, 7) is 4.68. The van der Waals surface area contributed by atoms with E-state index in [9.17, 15) is 4.79 Å². The van der Waals surface area contributed by atoms with Crippen LogP contribution in [0.1, 0.15) is 34.6 Å². The molecule has 3 rings (SSSR count). The van der Waals surface area contributed by atoms with E-state index in [1.165, 1.54) is 0 Å². The van der Waals surface area contributed by atoms with Crippen molar-refractivity contribution in [2.24, 2.45) is 5.73 Å². The second-order valence-corrected chi connectivity index (χ2v) is 6.80. The summed E-state index contributed by atoms with van der Waals surface area (Å²) in [6.07, 6.45) is 0. The number of hydrogen-bond donors (Lipinski definition) is 2. The summed E-state index contributed by atoms with van der Waals surface area (Å²) in [4.78, 5) is 14.8. The highest BCUT2D eigenvalue weighted by atomic mass is 16.5. The van der Waals surface area contributed by atoms with Gasteiger partial charge in [-0.3, -0.25) is 9.89 Å². The van der Waals surface area contributed by atoms with Crippen LogP contribution in [0.25, 0.3) is 11.3 Å². The molecular weight excluding hydrogens is 352 g/mol. The summed E-state index contributed by atoms with van der Waals surface area (Å²) >= 11 is 0. The fourth-order valence-electron chi connectivity index (χ4n) is 2.99. The number of H-pyrrole nitrogens is 1. The van der Waals surface area contributed by atoms with E-state index >= 15 is 0 Å². The summed E-state index contributed by atoms with van der Waals surface area (Å²) in [6, 6.07) is 17.3. The first-order valence-corrected chi connectivity index (χ1v) is 9.32. The van der Waals surface area contributed by atoms with Crippen LogP contribution in [0.4, 0.5) is 0 Å². The quantitative estimate of drug-likeness (QED) is 0.658. The number of aromatic amines is 1. The third-order valence-electron chi connectivity index (χ3n) is 4.76. The molecule has 146 valence electrons. The number of nitrogens with two attached hydrogens (primary N) is 1. The van der Waals surface area contributed by atoms with E-state index in [1.807, 2.05) is 68.4 Å². The highest BCUT2D eigenvalue weighted by molar-refractivity contribution is 5.97. The molecule has 0 saturated heterocycles. The molecule has 0 radical (unpaired) electrons. The molecule has 6 nitrogen and oxygen atoms in total. The normalized spacial score (nSPS) is 11.9. The fourth-order valence-corrected chi connectivity index (χ4v) is 2.99. The van der Waals surface area contributed by atoms with Gasteiger partial charge in [0.05, 0.1) is 23.0 Å². The van der Waals surface area contributed by atoms with Gasteiger partial charge in [0.2, 0.25) is 0 Å². The van der Waals surface area contributed by atoms with Crippen LogP contribution >= 0.6 is 0 Å². The molecule has 0 unspecified atom stereocenters. The van der Waals surface area contributed by atoms with Crippen molar-refractivity contribution < 1.29 is 9.53 Å². The van der Waals surface area contributed by atoms with Gasteiger partial charge in [0.15, 0.2) is 0 Å². The lowest BCUT2D eigenvalue weighted by Gasteiger charge is -2.25. The van der Waals surface area contributed by atoms with Crippen molar-refractivity contribution in [1.82, 2.24) is 15.1 Å². The zero-order chi connectivity index (χ0) is 20.1. The predicted octanol–water partition coefficient (Wildman–Crippen LogP) is 3.56. The molecule has 6 heteroatoms. The number of nitrogens with zero attached hydrogens (tertiary/aromatic N) is 2. The largest absolute Gasteiger partial charge is 0.491 e. The van der Waals surface area contributed by atoms with E-state index in [0.29, 0.717) is 24.5 Å². The van der Waals surface area contributed by atoms with Crippen LogP contribution in [-0.2, 0) is 0 Å². The van der Waals surface area contributed by atoms with Crippen LogP contribution in [0.15, 0.2) is 54.6 Å². The Morgan fingerprint density at radius 1 is 1.21 bits per heavy atom. The molecule has 28 heavy (non-hydrogen) atoms. The maximum absolute atomic E-state index is 13.2. The minimum atomic E-state index is -0.180. The number of aromatic nitrogens is 2. The summed E-state index contributed by atoms with van der Waals surface area (Å²) < 4.78 is 5.67. The van der Waals surface area contributed by atoms with Crippen molar-refractivity contribution in [2.45, 2.75) is 19.9 Å². The number of aryl methyl sites for hydroxylation is 1. The number of rotatable bonds is 7. The molecule has 0 saturated carbocycles. The Morgan fingerprint density at radius 2 is 1.96 bits per heavy atom. The molecule has 0 aliphatic carbocycles. The number of carbonyl (C=O) groups excluding carboxylic acids is 1. The van der Waals surface area contributed by atoms with E-state index in [-0.39, 0.29) is 11.9 Å². The average molecular weight is 378 g/mol. The van der Waals surface area contributed by atoms with Gasteiger partial charge in [-0.15, -0.1) is 0 Å². The minimum Gasteiger partial charge on any atom is -0.491 e. The van der Waals surface area contributed by atoms with Gasteiger partial charge in [-0.05, 0) is 32.0 Å². The third kappa shape index (κ3) is 4.23. The summed E-state index contributed by atoms with van der Waals surface area (Å²) in [5.74, 6) is 0.439. The molecule has 1 aromatic heterocycles. The number of amides is 1. The van der Waals surface area contributed by atoms with Gasteiger partial charge >= 0.3 is 0 Å². The lowest BCUT2D eigenvalue weighted by molar-refractivity contribution is 0.0735. The van der Waals surface area contributed by atoms with Gasteiger partial charge in [-0.25, -0.2) is 0 Å². The molecule has 0 aliphatic heterocycles.